The average molecular weight is 589 g/mol. The van der Waals surface area contributed by atoms with Crippen molar-refractivity contribution in [3.63, 3.8) is 0 Å². The molecule has 0 spiro atoms. The monoisotopic (exact) mass is 588 g/mol. The summed E-state index contributed by atoms with van der Waals surface area (Å²) in [6, 6.07) is 16.1. The Morgan fingerprint density at radius 2 is 1.50 bits per heavy atom. The van der Waals surface area contributed by atoms with Crippen LogP contribution < -0.4 is 5.32 Å². The SMILES string of the molecule is CC(C)(C)CC(=O)N1CC2C(C1)C2N1C(=O)C(Cc2ccncc2)(Cc2ccncc2)NC1=CC(=O)c1ccc(C#N)cc1. The maximum absolute atomic E-state index is 14.7. The topological polar surface area (TPSA) is 119 Å². The van der Waals surface area contributed by atoms with E-state index in [2.05, 4.69) is 42.1 Å². The summed E-state index contributed by atoms with van der Waals surface area (Å²) in [5.74, 6) is 0.569. The van der Waals surface area contributed by atoms with Gasteiger partial charge in [-0.3, -0.25) is 29.3 Å². The van der Waals surface area contributed by atoms with Gasteiger partial charge >= 0.3 is 0 Å². The van der Waals surface area contributed by atoms with Crippen LogP contribution in [0, 0.1) is 28.6 Å². The molecular formula is C35H36N6O3. The number of pyridine rings is 2. The van der Waals surface area contributed by atoms with Gasteiger partial charge in [-0.2, -0.15) is 5.26 Å². The average Bonchev–Trinajstić information content (AvgIpc) is 3.33. The number of carbonyl (C=O) groups excluding carboxylic acids is 3. The molecular weight excluding hydrogens is 552 g/mol. The highest BCUT2D eigenvalue weighted by Gasteiger charge is 2.65. The molecule has 2 aliphatic heterocycles. The van der Waals surface area contributed by atoms with Crippen LogP contribution in [0.4, 0.5) is 0 Å². The summed E-state index contributed by atoms with van der Waals surface area (Å²) < 4.78 is 0. The van der Waals surface area contributed by atoms with Crippen LogP contribution in [0.5, 0.6) is 0 Å². The van der Waals surface area contributed by atoms with Crippen LogP contribution in [0.2, 0.25) is 0 Å². The van der Waals surface area contributed by atoms with Gasteiger partial charge in [-0.15, -0.1) is 0 Å². The van der Waals surface area contributed by atoms with E-state index >= 15 is 0 Å². The fourth-order valence-electron chi connectivity index (χ4n) is 6.66. The second-order valence-corrected chi connectivity index (χ2v) is 13.4. The van der Waals surface area contributed by atoms with Crippen LogP contribution in [0.1, 0.15) is 54.2 Å². The summed E-state index contributed by atoms with van der Waals surface area (Å²) in [5, 5.41) is 12.7. The molecule has 0 bridgehead atoms. The molecule has 2 aromatic heterocycles. The number of likely N-dealkylation sites (tertiary alicyclic amines) is 1. The van der Waals surface area contributed by atoms with E-state index in [1.165, 1.54) is 6.08 Å². The maximum atomic E-state index is 14.7. The molecule has 2 unspecified atom stereocenters. The summed E-state index contributed by atoms with van der Waals surface area (Å²) in [4.78, 5) is 53.3. The number of piperidine rings is 1. The highest BCUT2D eigenvalue weighted by molar-refractivity contribution is 6.06. The molecule has 2 amide bonds. The van der Waals surface area contributed by atoms with Crippen LogP contribution in [0.25, 0.3) is 0 Å². The van der Waals surface area contributed by atoms with Crippen molar-refractivity contribution in [1.29, 1.82) is 5.26 Å². The molecule has 3 aromatic rings. The Balaban J connectivity index is 1.34. The van der Waals surface area contributed by atoms with Gasteiger partial charge in [0.25, 0.3) is 5.91 Å². The molecule has 1 aliphatic carbocycles. The number of amides is 2. The molecule has 2 atom stereocenters. The molecule has 9 nitrogen and oxygen atoms in total. The van der Waals surface area contributed by atoms with Gasteiger partial charge in [0.2, 0.25) is 5.91 Å². The molecule has 44 heavy (non-hydrogen) atoms. The van der Waals surface area contributed by atoms with Crippen molar-refractivity contribution >= 4 is 17.6 Å². The number of benzene rings is 1. The summed E-state index contributed by atoms with van der Waals surface area (Å²) in [5.41, 5.74) is 1.66. The normalized spacial score (nSPS) is 22.8. The van der Waals surface area contributed by atoms with Crippen molar-refractivity contribution in [2.24, 2.45) is 17.3 Å². The van der Waals surface area contributed by atoms with Crippen LogP contribution in [-0.2, 0) is 22.4 Å². The first-order chi connectivity index (χ1) is 21.1. The highest BCUT2D eigenvalue weighted by Crippen LogP contribution is 2.52. The van der Waals surface area contributed by atoms with Gasteiger partial charge in [-0.1, -0.05) is 20.8 Å². The van der Waals surface area contributed by atoms with Crippen LogP contribution in [-0.4, -0.2) is 62.0 Å². The lowest BCUT2D eigenvalue weighted by atomic mass is 9.85. The number of nitriles is 1. The molecule has 0 radical (unpaired) electrons. The minimum atomic E-state index is -1.04. The number of nitrogens with zero attached hydrogens (tertiary/aromatic N) is 5. The fourth-order valence-corrected chi connectivity index (χ4v) is 6.66. The van der Waals surface area contributed by atoms with Gasteiger partial charge in [0.05, 0.1) is 11.6 Å². The second kappa shape index (κ2) is 11.3. The largest absolute Gasteiger partial charge is 0.357 e. The van der Waals surface area contributed by atoms with Crippen molar-refractivity contribution in [2.75, 3.05) is 13.1 Å². The number of ketones is 1. The number of hydrogen-bond acceptors (Lipinski definition) is 7. The lowest BCUT2D eigenvalue weighted by molar-refractivity contribution is -0.133. The number of nitrogens with one attached hydrogen (secondary N) is 1. The van der Waals surface area contributed by atoms with Gasteiger partial charge < -0.3 is 10.2 Å². The molecule has 4 heterocycles. The molecule has 6 rings (SSSR count). The molecule has 1 N–H and O–H groups in total. The van der Waals surface area contributed by atoms with Crippen molar-refractivity contribution < 1.29 is 14.4 Å². The van der Waals surface area contributed by atoms with Crippen molar-refractivity contribution in [3.05, 3.63) is 107 Å². The van der Waals surface area contributed by atoms with E-state index in [4.69, 9.17) is 0 Å². The number of hydrogen-bond donors (Lipinski definition) is 1. The molecule has 3 fully saturated rings. The third-order valence-electron chi connectivity index (χ3n) is 8.81. The quantitative estimate of drug-likeness (QED) is 0.313. The van der Waals surface area contributed by atoms with Gasteiger partial charge in [0.15, 0.2) is 5.78 Å². The maximum Gasteiger partial charge on any atom is 0.254 e. The van der Waals surface area contributed by atoms with Gasteiger partial charge in [0.1, 0.15) is 11.4 Å². The van der Waals surface area contributed by atoms with Gasteiger partial charge in [-0.25, -0.2) is 0 Å². The van der Waals surface area contributed by atoms with Crippen LogP contribution in [0.3, 0.4) is 0 Å². The number of carbonyl (C=O) groups is 3. The van der Waals surface area contributed by atoms with Crippen molar-refractivity contribution in [3.8, 4) is 6.07 Å². The molecule has 224 valence electrons. The van der Waals surface area contributed by atoms with Gasteiger partial charge in [-0.05, 0) is 65.1 Å². The van der Waals surface area contributed by atoms with E-state index in [1.807, 2.05) is 29.2 Å². The van der Waals surface area contributed by atoms with E-state index in [0.29, 0.717) is 49.3 Å². The predicted molar refractivity (Wildman–Crippen MR) is 164 cm³/mol. The fraction of sp³-hybridized carbons (Fsp3) is 0.371. The Morgan fingerprint density at radius 3 is 2.00 bits per heavy atom. The number of aromatic nitrogens is 2. The van der Waals surface area contributed by atoms with E-state index in [-0.39, 0.29) is 40.9 Å². The first-order valence-electron chi connectivity index (χ1n) is 15.0. The third kappa shape index (κ3) is 5.85. The Labute approximate surface area is 257 Å². The molecule has 3 aliphatic rings. The Morgan fingerprint density at radius 1 is 0.955 bits per heavy atom. The zero-order chi connectivity index (χ0) is 31.1. The standard InChI is InChI=1S/C35H36N6O3/c1-34(2,3)19-31(43)40-21-27-28(22-40)32(27)41-30(16-29(42)26-6-4-25(20-36)5-7-26)39-35(33(41)44,17-23-8-12-37-13-9-23)18-24-10-14-38-15-11-24/h4-16,27-28,32,39H,17-19,21-22H2,1-3H3. The lowest BCUT2D eigenvalue weighted by Gasteiger charge is -2.29. The van der Waals surface area contributed by atoms with E-state index in [1.54, 1.807) is 54.0 Å². The summed E-state index contributed by atoms with van der Waals surface area (Å²) in [6.45, 7) is 7.39. The minimum absolute atomic E-state index is 0.0861. The second-order valence-electron chi connectivity index (χ2n) is 13.4. The summed E-state index contributed by atoms with van der Waals surface area (Å²) in [7, 11) is 0. The molecule has 1 saturated carbocycles. The molecule has 1 aromatic carbocycles. The number of rotatable bonds is 8. The van der Waals surface area contributed by atoms with Crippen molar-refractivity contribution in [2.45, 2.75) is 51.6 Å². The van der Waals surface area contributed by atoms with Crippen LogP contribution >= 0.6 is 0 Å². The predicted octanol–water partition coefficient (Wildman–Crippen LogP) is 3.92. The summed E-state index contributed by atoms with van der Waals surface area (Å²) in [6.07, 6.45) is 9.64. The van der Waals surface area contributed by atoms with E-state index < -0.39 is 5.54 Å². The smallest absolute Gasteiger partial charge is 0.254 e. The van der Waals surface area contributed by atoms with E-state index in [0.717, 1.165) is 11.1 Å². The lowest BCUT2D eigenvalue weighted by Crippen LogP contribution is -2.51. The number of fused-ring (bicyclic) bond motifs is 1. The minimum Gasteiger partial charge on any atom is -0.357 e. The summed E-state index contributed by atoms with van der Waals surface area (Å²) >= 11 is 0. The first-order valence-corrected chi connectivity index (χ1v) is 15.0. The Kier molecular flexibility index (Phi) is 7.54. The molecule has 2 saturated heterocycles. The Hall–Kier alpha value is -4.84. The van der Waals surface area contributed by atoms with Gasteiger partial charge in [0, 0.05) is 86.7 Å². The zero-order valence-corrected chi connectivity index (χ0v) is 25.2. The Bertz CT molecular complexity index is 1590. The van der Waals surface area contributed by atoms with Crippen molar-refractivity contribution in [1.82, 2.24) is 25.1 Å². The first kappa shape index (κ1) is 29.2. The molecule has 9 heteroatoms. The van der Waals surface area contributed by atoms with E-state index in [9.17, 15) is 19.6 Å². The third-order valence-corrected chi connectivity index (χ3v) is 8.81. The number of allylic oxidation sites excluding steroid dienone is 1. The zero-order valence-electron chi connectivity index (χ0n) is 25.2. The van der Waals surface area contributed by atoms with Crippen LogP contribution in [0.15, 0.2) is 85.2 Å². The highest BCUT2D eigenvalue weighted by atomic mass is 16.2.